The zero-order valence-electron chi connectivity index (χ0n) is 12.4. The molecule has 0 radical (unpaired) electrons. The summed E-state index contributed by atoms with van der Waals surface area (Å²) in [5.41, 5.74) is -0.959. The lowest BCUT2D eigenvalue weighted by molar-refractivity contribution is -0.143. The van der Waals surface area contributed by atoms with Gasteiger partial charge in [-0.15, -0.1) is 0 Å². The molecule has 10 heteroatoms. The fourth-order valence-corrected chi connectivity index (χ4v) is 3.13. The molecule has 130 valence electrons. The standard InChI is InChI=1S/C13H15ClF3NO4S/c1-3-22-12(19)7-18(2)23(20,21)8-9-4-5-10(6-11(9)14)13(15,16)17/h4-6H,3,7-8H2,1-2H3. The quantitative estimate of drug-likeness (QED) is 0.719. The predicted molar refractivity (Wildman–Crippen MR) is 78.3 cm³/mol. The van der Waals surface area contributed by atoms with E-state index in [1.54, 1.807) is 6.92 Å². The Hall–Kier alpha value is -1.32. The third-order valence-corrected chi connectivity index (χ3v) is 4.96. The number of esters is 1. The van der Waals surface area contributed by atoms with Gasteiger partial charge in [-0.3, -0.25) is 4.79 Å². The molecule has 23 heavy (non-hydrogen) atoms. The van der Waals surface area contributed by atoms with Crippen molar-refractivity contribution in [2.24, 2.45) is 0 Å². The number of ether oxygens (including phenoxy) is 1. The van der Waals surface area contributed by atoms with Crippen LogP contribution in [-0.4, -0.2) is 38.9 Å². The zero-order chi connectivity index (χ0) is 17.8. The summed E-state index contributed by atoms with van der Waals surface area (Å²) in [6, 6.07) is 2.42. The summed E-state index contributed by atoms with van der Waals surface area (Å²) in [5.74, 6) is -1.35. The van der Waals surface area contributed by atoms with Crippen LogP contribution in [0.2, 0.25) is 5.02 Å². The van der Waals surface area contributed by atoms with Gasteiger partial charge in [-0.25, -0.2) is 8.42 Å². The highest BCUT2D eigenvalue weighted by Gasteiger charge is 2.31. The molecule has 0 aromatic heterocycles. The molecule has 1 aromatic carbocycles. The van der Waals surface area contributed by atoms with Gasteiger partial charge in [0.1, 0.15) is 6.54 Å². The zero-order valence-corrected chi connectivity index (χ0v) is 13.9. The lowest BCUT2D eigenvalue weighted by Gasteiger charge is -2.17. The number of benzene rings is 1. The van der Waals surface area contributed by atoms with Gasteiger partial charge in [-0.2, -0.15) is 17.5 Å². The number of carbonyl (C=O) groups is 1. The molecule has 0 heterocycles. The van der Waals surface area contributed by atoms with Crippen molar-refractivity contribution in [1.82, 2.24) is 4.31 Å². The number of nitrogens with zero attached hydrogens (tertiary/aromatic N) is 1. The Balaban J connectivity index is 2.91. The van der Waals surface area contributed by atoms with Gasteiger partial charge < -0.3 is 4.74 Å². The normalized spacial score (nSPS) is 12.5. The number of hydrogen-bond donors (Lipinski definition) is 0. The molecule has 0 saturated carbocycles. The molecule has 0 aliphatic rings. The molecule has 0 amide bonds. The maximum atomic E-state index is 12.5. The highest BCUT2D eigenvalue weighted by molar-refractivity contribution is 7.88. The lowest BCUT2D eigenvalue weighted by Crippen LogP contribution is -2.34. The Morgan fingerprint density at radius 1 is 1.35 bits per heavy atom. The van der Waals surface area contributed by atoms with E-state index in [2.05, 4.69) is 4.74 Å². The molecule has 0 aliphatic carbocycles. The lowest BCUT2D eigenvalue weighted by atomic mass is 10.1. The van der Waals surface area contributed by atoms with E-state index in [1.165, 1.54) is 7.05 Å². The summed E-state index contributed by atoms with van der Waals surface area (Å²) in [7, 11) is -2.76. The molecule has 1 aromatic rings. The van der Waals surface area contributed by atoms with E-state index in [-0.39, 0.29) is 17.2 Å². The van der Waals surface area contributed by atoms with Crippen molar-refractivity contribution in [3.8, 4) is 0 Å². The SMILES string of the molecule is CCOC(=O)CN(C)S(=O)(=O)Cc1ccc(C(F)(F)F)cc1Cl. The molecule has 0 bridgehead atoms. The minimum Gasteiger partial charge on any atom is -0.465 e. The van der Waals surface area contributed by atoms with Gasteiger partial charge in [-0.1, -0.05) is 17.7 Å². The van der Waals surface area contributed by atoms with Gasteiger partial charge in [0.25, 0.3) is 0 Å². The van der Waals surface area contributed by atoms with Crippen LogP contribution < -0.4 is 0 Å². The predicted octanol–water partition coefficient (Wildman–Crippen LogP) is 2.68. The minimum atomic E-state index is -4.57. The van der Waals surface area contributed by atoms with Crippen LogP contribution in [-0.2, 0) is 31.5 Å². The molecule has 0 saturated heterocycles. The van der Waals surface area contributed by atoms with Gasteiger partial charge in [0.05, 0.1) is 17.9 Å². The first-order chi connectivity index (χ1) is 10.5. The Bertz CT molecular complexity index is 676. The smallest absolute Gasteiger partial charge is 0.416 e. The first-order valence-corrected chi connectivity index (χ1v) is 8.41. The minimum absolute atomic E-state index is 0.00961. The summed E-state index contributed by atoms with van der Waals surface area (Å²) >= 11 is 5.73. The van der Waals surface area contributed by atoms with Crippen LogP contribution in [0.25, 0.3) is 0 Å². The van der Waals surface area contributed by atoms with Crippen LogP contribution in [0, 0.1) is 0 Å². The summed E-state index contributed by atoms with van der Waals surface area (Å²) in [6.07, 6.45) is -4.57. The van der Waals surface area contributed by atoms with E-state index in [1.807, 2.05) is 0 Å². The number of halogens is 4. The average Bonchev–Trinajstić information content (AvgIpc) is 2.39. The number of likely N-dealkylation sites (N-methyl/N-ethyl adjacent to an activating group) is 1. The van der Waals surface area contributed by atoms with Crippen LogP contribution in [0.3, 0.4) is 0 Å². The average molecular weight is 374 g/mol. The third kappa shape index (κ3) is 5.67. The van der Waals surface area contributed by atoms with Gasteiger partial charge in [0.15, 0.2) is 0 Å². The topological polar surface area (TPSA) is 63.7 Å². The first-order valence-electron chi connectivity index (χ1n) is 6.42. The van der Waals surface area contributed by atoms with Gasteiger partial charge in [-0.05, 0) is 24.6 Å². The maximum absolute atomic E-state index is 12.5. The van der Waals surface area contributed by atoms with E-state index in [0.29, 0.717) is 6.07 Å². The largest absolute Gasteiger partial charge is 0.465 e. The van der Waals surface area contributed by atoms with E-state index < -0.39 is 40.0 Å². The Morgan fingerprint density at radius 2 is 1.96 bits per heavy atom. The Morgan fingerprint density at radius 3 is 2.43 bits per heavy atom. The first kappa shape index (κ1) is 19.7. The number of hydrogen-bond acceptors (Lipinski definition) is 4. The van der Waals surface area contributed by atoms with E-state index in [0.717, 1.165) is 16.4 Å². The number of carbonyl (C=O) groups excluding carboxylic acids is 1. The van der Waals surface area contributed by atoms with Crippen molar-refractivity contribution in [2.75, 3.05) is 20.2 Å². The summed E-state index contributed by atoms with van der Waals surface area (Å²) in [4.78, 5) is 11.3. The van der Waals surface area contributed by atoms with Crippen LogP contribution in [0.4, 0.5) is 13.2 Å². The highest BCUT2D eigenvalue weighted by Crippen LogP contribution is 2.32. The van der Waals surface area contributed by atoms with Crippen LogP contribution in [0.5, 0.6) is 0 Å². The fraction of sp³-hybridized carbons (Fsp3) is 0.462. The molecular formula is C13H15ClF3NO4S. The van der Waals surface area contributed by atoms with Crippen LogP contribution in [0.15, 0.2) is 18.2 Å². The van der Waals surface area contributed by atoms with Crippen LogP contribution >= 0.6 is 11.6 Å². The second kappa shape index (κ2) is 7.50. The molecule has 0 aliphatic heterocycles. The summed E-state index contributed by atoms with van der Waals surface area (Å²) in [6.45, 7) is 1.19. The van der Waals surface area contributed by atoms with Crippen molar-refractivity contribution < 1.29 is 31.1 Å². The fourth-order valence-electron chi connectivity index (χ4n) is 1.63. The molecule has 0 atom stereocenters. The number of alkyl halides is 3. The molecule has 0 N–H and O–H groups in total. The molecule has 1 rings (SSSR count). The second-order valence-electron chi connectivity index (χ2n) is 4.62. The second-order valence-corrected chi connectivity index (χ2v) is 7.10. The third-order valence-electron chi connectivity index (χ3n) is 2.85. The molecule has 5 nitrogen and oxygen atoms in total. The molecular weight excluding hydrogens is 359 g/mol. The van der Waals surface area contributed by atoms with Crippen molar-refractivity contribution in [2.45, 2.75) is 18.9 Å². The van der Waals surface area contributed by atoms with Gasteiger partial charge >= 0.3 is 12.1 Å². The highest BCUT2D eigenvalue weighted by atomic mass is 35.5. The van der Waals surface area contributed by atoms with Gasteiger partial charge in [0, 0.05) is 12.1 Å². The van der Waals surface area contributed by atoms with Crippen molar-refractivity contribution >= 4 is 27.6 Å². The van der Waals surface area contributed by atoms with Crippen LogP contribution in [0.1, 0.15) is 18.1 Å². The molecule has 0 spiro atoms. The Labute approximate surface area is 137 Å². The number of sulfonamides is 1. The van der Waals surface area contributed by atoms with E-state index in [4.69, 9.17) is 11.6 Å². The van der Waals surface area contributed by atoms with E-state index in [9.17, 15) is 26.4 Å². The molecule has 0 fully saturated rings. The summed E-state index contributed by atoms with van der Waals surface area (Å²) in [5, 5.41) is -0.312. The maximum Gasteiger partial charge on any atom is 0.416 e. The monoisotopic (exact) mass is 373 g/mol. The van der Waals surface area contributed by atoms with Crippen molar-refractivity contribution in [1.29, 1.82) is 0 Å². The Kier molecular flexibility index (Phi) is 6.43. The van der Waals surface area contributed by atoms with Crippen molar-refractivity contribution in [3.63, 3.8) is 0 Å². The molecule has 0 unspecified atom stereocenters. The summed E-state index contributed by atoms with van der Waals surface area (Å²) < 4.78 is 67.3. The number of rotatable bonds is 6. The van der Waals surface area contributed by atoms with Gasteiger partial charge in [0.2, 0.25) is 10.0 Å². The van der Waals surface area contributed by atoms with E-state index >= 15 is 0 Å². The van der Waals surface area contributed by atoms with Crippen molar-refractivity contribution in [3.05, 3.63) is 34.3 Å².